The summed E-state index contributed by atoms with van der Waals surface area (Å²) in [4.78, 5) is 36.8. The third kappa shape index (κ3) is 5.55. The van der Waals surface area contributed by atoms with E-state index in [2.05, 4.69) is 4.74 Å². The number of methoxy groups -OCH3 is 1. The Bertz CT molecular complexity index is 1290. The molecule has 0 unspecified atom stereocenters. The van der Waals surface area contributed by atoms with E-state index < -0.39 is 4.92 Å². The Hall–Kier alpha value is -4.46. The smallest absolute Gasteiger partial charge is 0.305 e. The molecule has 0 spiro atoms. The molecule has 0 fully saturated rings. The Balaban J connectivity index is 1.55. The number of nitrogens with zero attached hydrogens (tertiary/aromatic N) is 2. The van der Waals surface area contributed by atoms with E-state index >= 15 is 0 Å². The molecule has 0 saturated heterocycles. The van der Waals surface area contributed by atoms with Crippen LogP contribution in [0, 0.1) is 10.1 Å². The summed E-state index contributed by atoms with van der Waals surface area (Å²) in [6.45, 7) is 0.472. The number of non-ortho nitro benzene ring substituents is 1. The van der Waals surface area contributed by atoms with E-state index in [1.165, 1.54) is 19.2 Å². The lowest BCUT2D eigenvalue weighted by molar-refractivity contribution is -0.384. The lowest BCUT2D eigenvalue weighted by atomic mass is 10.1. The van der Waals surface area contributed by atoms with Crippen molar-refractivity contribution >= 4 is 29.3 Å². The molecule has 2 heterocycles. The van der Waals surface area contributed by atoms with Crippen LogP contribution in [0.25, 0.3) is 23.1 Å². The number of unbranched alkanes of at least 4 members (excludes halogenated alkanes) is 1. The quantitative estimate of drug-likeness (QED) is 0.135. The molecule has 1 aromatic heterocycles. The molecule has 1 aliphatic rings. The van der Waals surface area contributed by atoms with Crippen LogP contribution in [-0.2, 0) is 14.3 Å². The number of amides is 1. The molecule has 1 aliphatic heterocycles. The highest BCUT2D eigenvalue weighted by molar-refractivity contribution is 6.10. The van der Waals surface area contributed by atoms with Gasteiger partial charge in [-0.1, -0.05) is 30.3 Å². The SMILES string of the molecule is COC(=O)CCCCN1C(=O)/C(=C/c2ccc(-c3ccc([N+](=O)[O-])cc3)o2)C=C1c1ccccc1. The van der Waals surface area contributed by atoms with Crippen LogP contribution in [0.4, 0.5) is 5.69 Å². The van der Waals surface area contributed by atoms with Crippen LogP contribution in [0.15, 0.2) is 82.8 Å². The van der Waals surface area contributed by atoms with Gasteiger partial charge in [0.15, 0.2) is 0 Å². The maximum atomic E-state index is 13.3. The molecular formula is C27H24N2O6. The highest BCUT2D eigenvalue weighted by atomic mass is 16.6. The van der Waals surface area contributed by atoms with Crippen LogP contribution < -0.4 is 0 Å². The first-order valence-corrected chi connectivity index (χ1v) is 11.2. The fraction of sp³-hybridized carbons (Fsp3) is 0.185. The second-order valence-corrected chi connectivity index (χ2v) is 7.99. The number of nitro groups is 1. The average molecular weight is 472 g/mol. The molecule has 8 nitrogen and oxygen atoms in total. The van der Waals surface area contributed by atoms with Crippen molar-refractivity contribution in [1.82, 2.24) is 4.90 Å². The Morgan fingerprint density at radius 3 is 2.46 bits per heavy atom. The van der Waals surface area contributed by atoms with Crippen LogP contribution in [0.2, 0.25) is 0 Å². The van der Waals surface area contributed by atoms with Gasteiger partial charge in [0.1, 0.15) is 11.5 Å². The lowest BCUT2D eigenvalue weighted by Gasteiger charge is -2.20. The average Bonchev–Trinajstić information content (AvgIpc) is 3.47. The monoisotopic (exact) mass is 472 g/mol. The molecule has 4 rings (SSSR count). The van der Waals surface area contributed by atoms with E-state index in [4.69, 9.17) is 4.42 Å². The largest absolute Gasteiger partial charge is 0.469 e. The number of rotatable bonds is 9. The van der Waals surface area contributed by atoms with Crippen LogP contribution in [0.3, 0.4) is 0 Å². The van der Waals surface area contributed by atoms with Gasteiger partial charge in [0.2, 0.25) is 0 Å². The predicted octanol–water partition coefficient (Wildman–Crippen LogP) is 5.46. The lowest BCUT2D eigenvalue weighted by Crippen LogP contribution is -2.26. The zero-order chi connectivity index (χ0) is 24.8. The predicted molar refractivity (Wildman–Crippen MR) is 131 cm³/mol. The van der Waals surface area contributed by atoms with Crippen molar-refractivity contribution in [3.05, 3.63) is 99.8 Å². The van der Waals surface area contributed by atoms with Crippen LogP contribution in [-0.4, -0.2) is 35.4 Å². The fourth-order valence-corrected chi connectivity index (χ4v) is 3.85. The van der Waals surface area contributed by atoms with E-state index in [1.54, 1.807) is 35.2 Å². The molecule has 0 atom stereocenters. The van der Waals surface area contributed by atoms with Crippen molar-refractivity contribution in [2.75, 3.05) is 13.7 Å². The second-order valence-electron chi connectivity index (χ2n) is 7.99. The highest BCUT2D eigenvalue weighted by Crippen LogP contribution is 2.32. The first kappa shape index (κ1) is 23.7. The topological polar surface area (TPSA) is 103 Å². The van der Waals surface area contributed by atoms with Crippen LogP contribution in [0.5, 0.6) is 0 Å². The number of hydrogen-bond acceptors (Lipinski definition) is 6. The Labute approximate surface area is 202 Å². The molecule has 0 radical (unpaired) electrons. The van der Waals surface area contributed by atoms with Gasteiger partial charge in [-0.2, -0.15) is 0 Å². The van der Waals surface area contributed by atoms with Gasteiger partial charge in [-0.3, -0.25) is 19.7 Å². The maximum Gasteiger partial charge on any atom is 0.305 e. The Morgan fingerprint density at radius 1 is 1.03 bits per heavy atom. The summed E-state index contributed by atoms with van der Waals surface area (Å²) >= 11 is 0. The van der Waals surface area contributed by atoms with E-state index in [1.807, 2.05) is 36.4 Å². The Morgan fingerprint density at radius 2 is 1.77 bits per heavy atom. The van der Waals surface area contributed by atoms with E-state index in [9.17, 15) is 19.7 Å². The number of ether oxygens (including phenoxy) is 1. The standard InChI is InChI=1S/C27H24N2O6/c1-34-26(30)9-5-6-16-28-24(19-7-3-2-4-8-19)18-21(27(28)31)17-23-14-15-25(35-23)20-10-12-22(13-11-20)29(32)33/h2-4,7-8,10-15,17-18H,5-6,9,16H2,1H3/b21-17+. The molecule has 3 aromatic rings. The highest BCUT2D eigenvalue weighted by Gasteiger charge is 2.29. The first-order chi connectivity index (χ1) is 17.0. The molecule has 0 bridgehead atoms. The van der Waals surface area contributed by atoms with E-state index in [-0.39, 0.29) is 17.6 Å². The molecule has 0 saturated carbocycles. The zero-order valence-electron chi connectivity index (χ0n) is 19.2. The molecule has 2 aromatic carbocycles. The first-order valence-electron chi connectivity index (χ1n) is 11.2. The van der Waals surface area contributed by atoms with Gasteiger partial charge < -0.3 is 14.1 Å². The number of furan rings is 1. The summed E-state index contributed by atoms with van der Waals surface area (Å²) in [5.41, 5.74) is 2.90. The minimum absolute atomic E-state index is 0.00413. The number of nitro benzene ring substituents is 1. The zero-order valence-corrected chi connectivity index (χ0v) is 19.2. The summed E-state index contributed by atoms with van der Waals surface area (Å²) in [7, 11) is 1.36. The van der Waals surface area contributed by atoms with Gasteiger partial charge in [0.25, 0.3) is 11.6 Å². The number of benzene rings is 2. The maximum absolute atomic E-state index is 13.3. The van der Waals surface area contributed by atoms with Gasteiger partial charge in [0.05, 0.1) is 17.7 Å². The molecule has 0 aliphatic carbocycles. The minimum Gasteiger partial charge on any atom is -0.469 e. The number of carbonyl (C=O) groups excluding carboxylic acids is 2. The van der Waals surface area contributed by atoms with Crippen molar-refractivity contribution in [3.8, 4) is 11.3 Å². The van der Waals surface area contributed by atoms with Gasteiger partial charge in [-0.05, 0) is 54.8 Å². The third-order valence-corrected chi connectivity index (χ3v) is 5.67. The van der Waals surface area contributed by atoms with Crippen molar-refractivity contribution < 1.29 is 23.7 Å². The van der Waals surface area contributed by atoms with Crippen molar-refractivity contribution in [1.29, 1.82) is 0 Å². The molecular weight excluding hydrogens is 448 g/mol. The van der Waals surface area contributed by atoms with E-state index in [0.29, 0.717) is 48.5 Å². The summed E-state index contributed by atoms with van der Waals surface area (Å²) in [5, 5.41) is 10.9. The minimum atomic E-state index is -0.453. The summed E-state index contributed by atoms with van der Waals surface area (Å²) in [6, 6.07) is 19.3. The Kier molecular flexibility index (Phi) is 7.21. The molecule has 8 heteroatoms. The molecule has 1 amide bonds. The summed E-state index contributed by atoms with van der Waals surface area (Å²) in [6.07, 6.45) is 5.11. The summed E-state index contributed by atoms with van der Waals surface area (Å²) in [5.74, 6) is 0.635. The van der Waals surface area contributed by atoms with Crippen LogP contribution >= 0.6 is 0 Å². The number of esters is 1. The number of hydrogen-bond donors (Lipinski definition) is 0. The van der Waals surface area contributed by atoms with Crippen LogP contribution in [0.1, 0.15) is 30.6 Å². The van der Waals surface area contributed by atoms with Gasteiger partial charge in [-0.15, -0.1) is 0 Å². The number of carbonyl (C=O) groups is 2. The van der Waals surface area contributed by atoms with E-state index in [0.717, 1.165) is 11.3 Å². The van der Waals surface area contributed by atoms with Gasteiger partial charge >= 0.3 is 5.97 Å². The molecule has 35 heavy (non-hydrogen) atoms. The van der Waals surface area contributed by atoms with Gasteiger partial charge in [-0.25, -0.2) is 0 Å². The second kappa shape index (κ2) is 10.6. The van der Waals surface area contributed by atoms with Crippen molar-refractivity contribution in [3.63, 3.8) is 0 Å². The summed E-state index contributed by atoms with van der Waals surface area (Å²) < 4.78 is 10.6. The fourth-order valence-electron chi connectivity index (χ4n) is 3.85. The normalized spacial score (nSPS) is 14.3. The molecule has 178 valence electrons. The molecule has 0 N–H and O–H groups in total. The van der Waals surface area contributed by atoms with Crippen molar-refractivity contribution in [2.45, 2.75) is 19.3 Å². The third-order valence-electron chi connectivity index (χ3n) is 5.67. The van der Waals surface area contributed by atoms with Crippen molar-refractivity contribution in [2.24, 2.45) is 0 Å². The van der Waals surface area contributed by atoms with Gasteiger partial charge in [0, 0.05) is 36.2 Å².